The highest BCUT2D eigenvalue weighted by atomic mass is 16.5. The largest absolute Gasteiger partial charge is 0.494 e. The fourth-order valence-electron chi connectivity index (χ4n) is 2.30. The van der Waals surface area contributed by atoms with Gasteiger partial charge in [0, 0.05) is 6.54 Å². The van der Waals surface area contributed by atoms with E-state index in [0.717, 1.165) is 31.0 Å². The Bertz CT molecular complexity index is 552. The molecule has 2 rings (SSSR count). The van der Waals surface area contributed by atoms with Gasteiger partial charge in [-0.1, -0.05) is 24.3 Å². The van der Waals surface area contributed by atoms with Gasteiger partial charge in [0.15, 0.2) is 0 Å². The van der Waals surface area contributed by atoms with Gasteiger partial charge in [-0.25, -0.2) is 0 Å². The Morgan fingerprint density at radius 2 is 1.55 bits per heavy atom. The molecule has 0 aliphatic heterocycles. The third-order valence-electron chi connectivity index (χ3n) is 3.36. The van der Waals surface area contributed by atoms with E-state index in [1.165, 1.54) is 11.1 Å². The fourth-order valence-corrected chi connectivity index (χ4v) is 2.30. The molecule has 1 N–H and O–H groups in total. The van der Waals surface area contributed by atoms with Crippen LogP contribution in [0.15, 0.2) is 48.5 Å². The average molecular weight is 299 g/mol. The van der Waals surface area contributed by atoms with Crippen molar-refractivity contribution in [2.75, 3.05) is 19.8 Å². The quantitative estimate of drug-likeness (QED) is 0.714. The molecule has 0 bridgehead atoms. The van der Waals surface area contributed by atoms with Crippen molar-refractivity contribution in [3.63, 3.8) is 0 Å². The molecule has 22 heavy (non-hydrogen) atoms. The highest BCUT2D eigenvalue weighted by Gasteiger charge is 1.98. The van der Waals surface area contributed by atoms with E-state index in [-0.39, 0.29) is 0 Å². The van der Waals surface area contributed by atoms with Crippen LogP contribution >= 0.6 is 0 Å². The molecule has 3 nitrogen and oxygen atoms in total. The summed E-state index contributed by atoms with van der Waals surface area (Å²) in [5.41, 5.74) is 2.57. The third kappa shape index (κ3) is 5.41. The predicted octanol–water partition coefficient (Wildman–Crippen LogP) is 3.82. The predicted molar refractivity (Wildman–Crippen MR) is 90.6 cm³/mol. The first-order chi connectivity index (χ1) is 10.8. The van der Waals surface area contributed by atoms with E-state index in [9.17, 15) is 0 Å². The molecule has 0 aliphatic carbocycles. The lowest BCUT2D eigenvalue weighted by Gasteiger charge is -2.08. The minimum absolute atomic E-state index is 0.703. The van der Waals surface area contributed by atoms with Gasteiger partial charge in [0.1, 0.15) is 11.5 Å². The van der Waals surface area contributed by atoms with Crippen LogP contribution in [-0.4, -0.2) is 19.8 Å². The van der Waals surface area contributed by atoms with Crippen molar-refractivity contribution in [1.29, 1.82) is 0 Å². The third-order valence-corrected chi connectivity index (χ3v) is 3.36. The molecule has 0 unspecified atom stereocenters. The molecule has 3 heteroatoms. The standard InChI is InChI=1S/C19H25NO2/c1-3-21-18-10-8-16(9-11-18)12-13-20-15-17-6-5-7-19(14-17)22-4-2/h5-11,14,20H,3-4,12-13,15H2,1-2H3. The fraction of sp³-hybridized carbons (Fsp3) is 0.368. The Morgan fingerprint density at radius 3 is 2.27 bits per heavy atom. The second-order valence-corrected chi connectivity index (χ2v) is 5.08. The minimum Gasteiger partial charge on any atom is -0.494 e. The second-order valence-electron chi connectivity index (χ2n) is 5.08. The highest BCUT2D eigenvalue weighted by Crippen LogP contribution is 2.14. The summed E-state index contributed by atoms with van der Waals surface area (Å²) < 4.78 is 11.0. The van der Waals surface area contributed by atoms with Crippen LogP contribution in [0.1, 0.15) is 25.0 Å². The lowest BCUT2D eigenvalue weighted by atomic mass is 10.1. The first kappa shape index (κ1) is 16.4. The molecule has 2 aromatic carbocycles. The van der Waals surface area contributed by atoms with Gasteiger partial charge in [0.2, 0.25) is 0 Å². The van der Waals surface area contributed by atoms with E-state index in [1.807, 2.05) is 38.1 Å². The summed E-state index contributed by atoms with van der Waals surface area (Å²) >= 11 is 0. The van der Waals surface area contributed by atoms with E-state index in [2.05, 4.69) is 29.6 Å². The highest BCUT2D eigenvalue weighted by molar-refractivity contribution is 5.29. The van der Waals surface area contributed by atoms with Crippen LogP contribution in [-0.2, 0) is 13.0 Å². The Hall–Kier alpha value is -2.00. The normalized spacial score (nSPS) is 10.5. The molecular formula is C19H25NO2. The topological polar surface area (TPSA) is 30.5 Å². The molecule has 118 valence electrons. The van der Waals surface area contributed by atoms with Crippen molar-refractivity contribution in [1.82, 2.24) is 5.32 Å². The van der Waals surface area contributed by atoms with E-state index in [1.54, 1.807) is 0 Å². The van der Waals surface area contributed by atoms with Crippen molar-refractivity contribution in [3.8, 4) is 11.5 Å². The molecule has 0 spiro atoms. The van der Waals surface area contributed by atoms with E-state index in [4.69, 9.17) is 9.47 Å². The van der Waals surface area contributed by atoms with Gasteiger partial charge in [-0.3, -0.25) is 0 Å². The zero-order valence-electron chi connectivity index (χ0n) is 13.5. The number of rotatable bonds is 9. The van der Waals surface area contributed by atoms with Crippen molar-refractivity contribution >= 4 is 0 Å². The SMILES string of the molecule is CCOc1ccc(CCNCc2cccc(OCC)c2)cc1. The molecule has 0 aliphatic rings. The van der Waals surface area contributed by atoms with E-state index < -0.39 is 0 Å². The Morgan fingerprint density at radius 1 is 0.818 bits per heavy atom. The summed E-state index contributed by atoms with van der Waals surface area (Å²) in [6, 6.07) is 16.6. The van der Waals surface area contributed by atoms with E-state index in [0.29, 0.717) is 13.2 Å². The van der Waals surface area contributed by atoms with Crippen molar-refractivity contribution < 1.29 is 9.47 Å². The number of nitrogens with one attached hydrogen (secondary N) is 1. The maximum Gasteiger partial charge on any atom is 0.119 e. The molecule has 0 atom stereocenters. The van der Waals surface area contributed by atoms with Gasteiger partial charge in [0.05, 0.1) is 13.2 Å². The van der Waals surface area contributed by atoms with Crippen LogP contribution in [0, 0.1) is 0 Å². The summed E-state index contributed by atoms with van der Waals surface area (Å²) in [6.07, 6.45) is 1.01. The van der Waals surface area contributed by atoms with Gasteiger partial charge >= 0.3 is 0 Å². The number of hydrogen-bond donors (Lipinski definition) is 1. The second kappa shape index (κ2) is 9.11. The monoisotopic (exact) mass is 299 g/mol. The van der Waals surface area contributed by atoms with Gasteiger partial charge in [-0.2, -0.15) is 0 Å². The number of ether oxygens (including phenoxy) is 2. The van der Waals surface area contributed by atoms with Crippen molar-refractivity contribution in [2.45, 2.75) is 26.8 Å². The lowest BCUT2D eigenvalue weighted by molar-refractivity contribution is 0.340. The van der Waals surface area contributed by atoms with Gasteiger partial charge in [-0.15, -0.1) is 0 Å². The van der Waals surface area contributed by atoms with Crippen LogP contribution in [0.25, 0.3) is 0 Å². The van der Waals surface area contributed by atoms with Crippen LogP contribution in [0.3, 0.4) is 0 Å². The van der Waals surface area contributed by atoms with Gasteiger partial charge < -0.3 is 14.8 Å². The van der Waals surface area contributed by atoms with Crippen molar-refractivity contribution in [2.24, 2.45) is 0 Å². The molecular weight excluding hydrogens is 274 g/mol. The zero-order chi connectivity index (χ0) is 15.6. The van der Waals surface area contributed by atoms with Crippen LogP contribution in [0.5, 0.6) is 11.5 Å². The van der Waals surface area contributed by atoms with Crippen LogP contribution in [0.2, 0.25) is 0 Å². The van der Waals surface area contributed by atoms with Crippen molar-refractivity contribution in [3.05, 3.63) is 59.7 Å². The summed E-state index contributed by atoms with van der Waals surface area (Å²) in [5.74, 6) is 1.88. The maximum atomic E-state index is 5.51. The average Bonchev–Trinajstić information content (AvgIpc) is 2.54. The molecule has 0 heterocycles. The molecule has 0 fully saturated rings. The zero-order valence-corrected chi connectivity index (χ0v) is 13.5. The maximum absolute atomic E-state index is 5.51. The molecule has 0 saturated carbocycles. The number of benzene rings is 2. The van der Waals surface area contributed by atoms with Gasteiger partial charge in [0.25, 0.3) is 0 Å². The van der Waals surface area contributed by atoms with Crippen LogP contribution in [0.4, 0.5) is 0 Å². The summed E-state index contributed by atoms with van der Waals surface area (Å²) in [5, 5.41) is 3.47. The van der Waals surface area contributed by atoms with Crippen LogP contribution < -0.4 is 14.8 Å². The summed E-state index contributed by atoms with van der Waals surface area (Å²) in [4.78, 5) is 0. The Balaban J connectivity index is 1.73. The molecule has 2 aromatic rings. The number of hydrogen-bond acceptors (Lipinski definition) is 3. The smallest absolute Gasteiger partial charge is 0.119 e. The minimum atomic E-state index is 0.703. The first-order valence-electron chi connectivity index (χ1n) is 7.96. The van der Waals surface area contributed by atoms with E-state index >= 15 is 0 Å². The molecule has 0 radical (unpaired) electrons. The summed E-state index contributed by atoms with van der Waals surface area (Å²) in [7, 11) is 0. The Kier molecular flexibility index (Phi) is 6.78. The van der Waals surface area contributed by atoms with Gasteiger partial charge in [-0.05, 0) is 62.2 Å². The lowest BCUT2D eigenvalue weighted by Crippen LogP contribution is -2.16. The molecule has 0 amide bonds. The Labute approximate surface area is 133 Å². The molecule has 0 aromatic heterocycles. The summed E-state index contributed by atoms with van der Waals surface area (Å²) in [6.45, 7) is 7.22. The molecule has 0 saturated heterocycles. The first-order valence-corrected chi connectivity index (χ1v) is 7.96.